The highest BCUT2D eigenvalue weighted by atomic mass is 35.5. The van der Waals surface area contributed by atoms with Gasteiger partial charge in [0, 0.05) is 23.6 Å². The second-order valence-corrected chi connectivity index (χ2v) is 6.62. The van der Waals surface area contributed by atoms with Crippen molar-refractivity contribution < 1.29 is 22.7 Å². The largest absolute Gasteiger partial charge is 0.496 e. The van der Waals surface area contributed by atoms with Crippen LogP contribution >= 0.6 is 11.6 Å². The lowest BCUT2D eigenvalue weighted by molar-refractivity contribution is -0.137. The van der Waals surface area contributed by atoms with Gasteiger partial charge >= 0.3 is 6.18 Å². The molecule has 0 radical (unpaired) electrons. The molecular formula is C19H16ClF3N4O2. The smallest absolute Gasteiger partial charge is 0.416 e. The summed E-state index contributed by atoms with van der Waals surface area (Å²) in [7, 11) is 1.34. The van der Waals surface area contributed by atoms with Crippen molar-refractivity contribution in [3.8, 4) is 11.4 Å². The van der Waals surface area contributed by atoms with Gasteiger partial charge in [0.25, 0.3) is 5.91 Å². The summed E-state index contributed by atoms with van der Waals surface area (Å²) in [5.41, 5.74) is 5.79. The van der Waals surface area contributed by atoms with Crippen LogP contribution in [0.1, 0.15) is 21.6 Å². The van der Waals surface area contributed by atoms with Gasteiger partial charge in [-0.05, 0) is 31.2 Å². The van der Waals surface area contributed by atoms with Gasteiger partial charge in [-0.3, -0.25) is 4.79 Å². The van der Waals surface area contributed by atoms with Crippen molar-refractivity contribution in [1.82, 2.24) is 9.55 Å². The SMILES string of the molecule is COc1cc(N)c(Cl)cc1C(=O)Nc1cc(-n2cnc(C)c2)cc(C(F)(F)F)c1. The number of nitrogen functional groups attached to an aromatic ring is 1. The van der Waals surface area contributed by atoms with Crippen molar-refractivity contribution in [1.29, 1.82) is 0 Å². The molecule has 0 aliphatic carbocycles. The Morgan fingerprint density at radius 3 is 2.55 bits per heavy atom. The summed E-state index contributed by atoms with van der Waals surface area (Å²) >= 11 is 5.96. The number of halogens is 4. The molecule has 152 valence electrons. The van der Waals surface area contributed by atoms with Crippen molar-refractivity contribution in [3.05, 3.63) is 64.7 Å². The molecule has 0 fully saturated rings. The maximum Gasteiger partial charge on any atom is 0.416 e. The van der Waals surface area contributed by atoms with Gasteiger partial charge in [0.2, 0.25) is 0 Å². The first-order valence-electron chi connectivity index (χ1n) is 8.26. The number of methoxy groups -OCH3 is 1. The van der Waals surface area contributed by atoms with E-state index < -0.39 is 17.6 Å². The summed E-state index contributed by atoms with van der Waals surface area (Å²) in [4.78, 5) is 16.7. The van der Waals surface area contributed by atoms with Crippen molar-refractivity contribution in [2.24, 2.45) is 0 Å². The van der Waals surface area contributed by atoms with E-state index in [4.69, 9.17) is 22.1 Å². The van der Waals surface area contributed by atoms with Crippen molar-refractivity contribution in [2.75, 3.05) is 18.2 Å². The lowest BCUT2D eigenvalue weighted by Crippen LogP contribution is -2.15. The number of nitrogens with zero attached hydrogens (tertiary/aromatic N) is 2. The van der Waals surface area contributed by atoms with Crippen LogP contribution in [0, 0.1) is 6.92 Å². The third-order valence-corrected chi connectivity index (χ3v) is 4.40. The molecule has 1 heterocycles. The molecule has 29 heavy (non-hydrogen) atoms. The molecular weight excluding hydrogens is 409 g/mol. The molecule has 6 nitrogen and oxygen atoms in total. The van der Waals surface area contributed by atoms with Crippen LogP contribution in [-0.4, -0.2) is 22.6 Å². The van der Waals surface area contributed by atoms with Gasteiger partial charge in [0.1, 0.15) is 5.75 Å². The van der Waals surface area contributed by atoms with Gasteiger partial charge in [-0.25, -0.2) is 4.98 Å². The van der Waals surface area contributed by atoms with E-state index in [0.29, 0.717) is 5.69 Å². The predicted molar refractivity (Wildman–Crippen MR) is 104 cm³/mol. The minimum atomic E-state index is -4.60. The zero-order chi connectivity index (χ0) is 21.3. The lowest BCUT2D eigenvalue weighted by Gasteiger charge is -2.15. The number of aryl methyl sites for hydroxylation is 1. The quantitative estimate of drug-likeness (QED) is 0.595. The average Bonchev–Trinajstić information content (AvgIpc) is 3.09. The Hall–Kier alpha value is -3.20. The number of carbonyl (C=O) groups is 1. The Bertz CT molecular complexity index is 1080. The number of imidazole rings is 1. The van der Waals surface area contributed by atoms with Crippen LogP contribution in [0.4, 0.5) is 24.5 Å². The molecule has 10 heteroatoms. The van der Waals surface area contributed by atoms with Gasteiger partial charge in [-0.2, -0.15) is 13.2 Å². The number of aromatic nitrogens is 2. The van der Waals surface area contributed by atoms with Gasteiger partial charge < -0.3 is 20.4 Å². The molecule has 0 aliphatic rings. The number of nitrogens with two attached hydrogens (primary N) is 1. The predicted octanol–water partition coefficient (Wildman–Crippen LogP) is 4.70. The number of rotatable bonds is 4. The number of hydrogen-bond donors (Lipinski definition) is 2. The zero-order valence-corrected chi connectivity index (χ0v) is 16.1. The molecule has 0 unspecified atom stereocenters. The fourth-order valence-electron chi connectivity index (χ4n) is 2.67. The zero-order valence-electron chi connectivity index (χ0n) is 15.3. The van der Waals surface area contributed by atoms with Crippen molar-refractivity contribution in [2.45, 2.75) is 13.1 Å². The van der Waals surface area contributed by atoms with E-state index in [1.165, 1.54) is 36.2 Å². The fourth-order valence-corrected chi connectivity index (χ4v) is 2.84. The highest BCUT2D eigenvalue weighted by Gasteiger charge is 2.31. The summed E-state index contributed by atoms with van der Waals surface area (Å²) in [6, 6.07) is 5.87. The van der Waals surface area contributed by atoms with Crippen LogP contribution in [0.5, 0.6) is 5.75 Å². The van der Waals surface area contributed by atoms with E-state index in [0.717, 1.165) is 12.1 Å². The first-order chi connectivity index (χ1) is 13.6. The minimum Gasteiger partial charge on any atom is -0.496 e. The van der Waals surface area contributed by atoms with Crippen LogP contribution in [0.15, 0.2) is 42.9 Å². The number of amides is 1. The summed E-state index contributed by atoms with van der Waals surface area (Å²) in [6.45, 7) is 1.71. The minimum absolute atomic E-state index is 0.0316. The third kappa shape index (κ3) is 4.45. The maximum absolute atomic E-state index is 13.4. The standard InChI is InChI=1S/C19H16ClF3N4O2/c1-10-8-27(9-25-10)13-4-11(19(21,22)23)3-12(5-13)26-18(28)14-6-15(20)16(24)7-17(14)29-2/h3-9H,24H2,1-2H3,(H,26,28). The molecule has 0 saturated heterocycles. The number of nitrogens with one attached hydrogen (secondary N) is 1. The number of carbonyl (C=O) groups excluding carboxylic acids is 1. The fraction of sp³-hybridized carbons (Fsp3) is 0.158. The molecule has 3 rings (SSSR count). The van der Waals surface area contributed by atoms with E-state index in [1.54, 1.807) is 13.1 Å². The van der Waals surface area contributed by atoms with Crippen LogP contribution < -0.4 is 15.8 Å². The van der Waals surface area contributed by atoms with Gasteiger partial charge in [0.05, 0.1) is 41.0 Å². The number of hydrogen-bond acceptors (Lipinski definition) is 4. The Morgan fingerprint density at radius 2 is 1.97 bits per heavy atom. The summed E-state index contributed by atoms with van der Waals surface area (Å²) < 4.78 is 46.6. The molecule has 0 spiro atoms. The number of benzene rings is 2. The summed E-state index contributed by atoms with van der Waals surface area (Å²) in [5, 5.41) is 2.58. The molecule has 0 bridgehead atoms. The molecule has 3 N–H and O–H groups in total. The second-order valence-electron chi connectivity index (χ2n) is 6.22. The highest BCUT2D eigenvalue weighted by molar-refractivity contribution is 6.33. The van der Waals surface area contributed by atoms with Crippen LogP contribution in [0.25, 0.3) is 5.69 Å². The van der Waals surface area contributed by atoms with E-state index in [-0.39, 0.29) is 33.4 Å². The highest BCUT2D eigenvalue weighted by Crippen LogP contribution is 2.34. The van der Waals surface area contributed by atoms with Crippen LogP contribution in [-0.2, 0) is 6.18 Å². The summed E-state index contributed by atoms with van der Waals surface area (Å²) in [6.07, 6.45) is -1.64. The normalized spacial score (nSPS) is 11.4. The van der Waals surface area contributed by atoms with Gasteiger partial charge in [0.15, 0.2) is 0 Å². The van der Waals surface area contributed by atoms with E-state index >= 15 is 0 Å². The molecule has 2 aromatic carbocycles. The first kappa shape index (κ1) is 20.5. The average molecular weight is 425 g/mol. The Kier molecular flexibility index (Phi) is 5.43. The maximum atomic E-state index is 13.4. The van der Waals surface area contributed by atoms with E-state index in [9.17, 15) is 18.0 Å². The topological polar surface area (TPSA) is 82.2 Å². The van der Waals surface area contributed by atoms with E-state index in [2.05, 4.69) is 10.3 Å². The van der Waals surface area contributed by atoms with E-state index in [1.807, 2.05) is 0 Å². The Morgan fingerprint density at radius 1 is 1.24 bits per heavy atom. The first-order valence-corrected chi connectivity index (χ1v) is 8.64. The van der Waals surface area contributed by atoms with Crippen molar-refractivity contribution in [3.63, 3.8) is 0 Å². The molecule has 0 aliphatic heterocycles. The monoisotopic (exact) mass is 424 g/mol. The number of alkyl halides is 3. The number of ether oxygens (including phenoxy) is 1. The Balaban J connectivity index is 2.02. The third-order valence-electron chi connectivity index (χ3n) is 4.08. The van der Waals surface area contributed by atoms with Gasteiger partial charge in [-0.15, -0.1) is 0 Å². The number of anilines is 2. The van der Waals surface area contributed by atoms with Crippen LogP contribution in [0.3, 0.4) is 0 Å². The van der Waals surface area contributed by atoms with Crippen LogP contribution in [0.2, 0.25) is 5.02 Å². The lowest BCUT2D eigenvalue weighted by atomic mass is 10.1. The summed E-state index contributed by atoms with van der Waals surface area (Å²) in [5.74, 6) is -0.558. The molecule has 0 saturated carbocycles. The van der Waals surface area contributed by atoms with Gasteiger partial charge in [-0.1, -0.05) is 11.6 Å². The molecule has 1 amide bonds. The van der Waals surface area contributed by atoms with Crippen molar-refractivity contribution >= 4 is 28.9 Å². The Labute approximate surface area is 169 Å². The molecule has 0 atom stereocenters. The molecule has 3 aromatic rings. The second kappa shape index (κ2) is 7.67. The molecule has 1 aromatic heterocycles.